The molecular weight excluding hydrogens is 269 g/mol. The van der Waals surface area contributed by atoms with Crippen LogP contribution >= 0.6 is 0 Å². The van der Waals surface area contributed by atoms with Gasteiger partial charge in [0.15, 0.2) is 0 Å². The fraction of sp³-hybridized carbons (Fsp3) is 0.500. The van der Waals surface area contributed by atoms with Crippen molar-refractivity contribution in [3.63, 3.8) is 0 Å². The molecule has 2 N–H and O–H groups in total. The van der Waals surface area contributed by atoms with Crippen LogP contribution in [-0.2, 0) is 17.4 Å². The van der Waals surface area contributed by atoms with Crippen LogP contribution in [0, 0.1) is 0 Å². The molecule has 20 heavy (non-hydrogen) atoms. The number of hydrogen-bond acceptors (Lipinski definition) is 2. The molecule has 1 unspecified atom stereocenters. The molecule has 1 amide bonds. The Morgan fingerprint density at radius 1 is 1.35 bits per heavy atom. The number of halogens is 3. The van der Waals surface area contributed by atoms with Gasteiger partial charge in [0, 0.05) is 6.54 Å². The van der Waals surface area contributed by atoms with Gasteiger partial charge in [-0.3, -0.25) is 4.79 Å². The van der Waals surface area contributed by atoms with Crippen LogP contribution in [0.4, 0.5) is 13.2 Å². The summed E-state index contributed by atoms with van der Waals surface area (Å²) in [6.45, 7) is 1.03. The SMILES string of the molecule is O=C(NCCc1ccccc1C(F)(F)F)C1CCCN1. The van der Waals surface area contributed by atoms with Gasteiger partial charge in [0.05, 0.1) is 11.6 Å². The van der Waals surface area contributed by atoms with Gasteiger partial charge in [-0.05, 0) is 37.4 Å². The lowest BCUT2D eigenvalue weighted by atomic mass is 10.0. The minimum atomic E-state index is -4.35. The number of hydrogen-bond donors (Lipinski definition) is 2. The maximum atomic E-state index is 12.8. The third-order valence-corrected chi connectivity index (χ3v) is 3.39. The number of carbonyl (C=O) groups excluding carboxylic acids is 1. The Morgan fingerprint density at radius 3 is 2.75 bits per heavy atom. The standard InChI is InChI=1S/C14H17F3N2O/c15-14(16,17)11-5-2-1-4-10(11)7-9-19-13(20)12-6-3-8-18-12/h1-2,4-5,12,18H,3,6-9H2,(H,19,20). The van der Waals surface area contributed by atoms with E-state index in [9.17, 15) is 18.0 Å². The molecule has 1 atom stereocenters. The van der Waals surface area contributed by atoms with Crippen molar-refractivity contribution >= 4 is 5.91 Å². The summed E-state index contributed by atoms with van der Waals surface area (Å²) in [6.07, 6.45) is -2.44. The van der Waals surface area contributed by atoms with Crippen LogP contribution in [0.3, 0.4) is 0 Å². The Kier molecular flexibility index (Phi) is 4.65. The molecule has 0 bridgehead atoms. The van der Waals surface area contributed by atoms with E-state index in [1.54, 1.807) is 6.07 Å². The molecule has 1 aromatic rings. The van der Waals surface area contributed by atoms with Crippen LogP contribution in [0.2, 0.25) is 0 Å². The fourth-order valence-corrected chi connectivity index (χ4v) is 2.37. The van der Waals surface area contributed by atoms with Gasteiger partial charge in [-0.15, -0.1) is 0 Å². The Labute approximate surface area is 115 Å². The Bertz CT molecular complexity index is 468. The number of carbonyl (C=O) groups is 1. The van der Waals surface area contributed by atoms with Crippen LogP contribution in [-0.4, -0.2) is 25.0 Å². The second-order valence-corrected chi connectivity index (χ2v) is 4.84. The highest BCUT2D eigenvalue weighted by atomic mass is 19.4. The van der Waals surface area contributed by atoms with Gasteiger partial charge in [-0.1, -0.05) is 18.2 Å². The van der Waals surface area contributed by atoms with Crippen LogP contribution < -0.4 is 10.6 Å². The van der Waals surface area contributed by atoms with Gasteiger partial charge < -0.3 is 10.6 Å². The Hall–Kier alpha value is -1.56. The number of rotatable bonds is 4. The van der Waals surface area contributed by atoms with Crippen molar-refractivity contribution in [2.24, 2.45) is 0 Å². The van der Waals surface area contributed by atoms with E-state index in [-0.39, 0.29) is 30.5 Å². The van der Waals surface area contributed by atoms with Crippen molar-refractivity contribution in [2.75, 3.05) is 13.1 Å². The number of alkyl halides is 3. The van der Waals surface area contributed by atoms with Gasteiger partial charge in [0.1, 0.15) is 0 Å². The molecule has 0 saturated carbocycles. The highest BCUT2D eigenvalue weighted by Crippen LogP contribution is 2.31. The minimum absolute atomic E-state index is 0.132. The number of amides is 1. The summed E-state index contributed by atoms with van der Waals surface area (Å²) in [5.41, 5.74) is -0.423. The van der Waals surface area contributed by atoms with E-state index in [1.165, 1.54) is 12.1 Å². The van der Waals surface area contributed by atoms with E-state index in [4.69, 9.17) is 0 Å². The summed E-state index contributed by atoms with van der Waals surface area (Å²) < 4.78 is 38.3. The molecule has 1 aromatic carbocycles. The van der Waals surface area contributed by atoms with Crippen LogP contribution in [0.15, 0.2) is 24.3 Å². The van der Waals surface area contributed by atoms with Crippen LogP contribution in [0.5, 0.6) is 0 Å². The highest BCUT2D eigenvalue weighted by molar-refractivity contribution is 5.81. The molecule has 6 heteroatoms. The third-order valence-electron chi connectivity index (χ3n) is 3.39. The molecule has 110 valence electrons. The summed E-state index contributed by atoms with van der Waals surface area (Å²) in [5.74, 6) is -0.132. The maximum Gasteiger partial charge on any atom is 0.416 e. The van der Waals surface area contributed by atoms with Crippen molar-refractivity contribution in [3.8, 4) is 0 Å². The summed E-state index contributed by atoms with van der Waals surface area (Å²) in [7, 11) is 0. The average molecular weight is 286 g/mol. The molecule has 0 aliphatic carbocycles. The second kappa shape index (κ2) is 6.26. The first-order chi connectivity index (χ1) is 9.48. The molecule has 0 spiro atoms. The van der Waals surface area contributed by atoms with Gasteiger partial charge in [-0.25, -0.2) is 0 Å². The first kappa shape index (κ1) is 14.8. The first-order valence-corrected chi connectivity index (χ1v) is 6.64. The lowest BCUT2D eigenvalue weighted by molar-refractivity contribution is -0.138. The zero-order chi connectivity index (χ0) is 14.6. The quantitative estimate of drug-likeness (QED) is 0.890. The molecule has 1 fully saturated rings. The fourth-order valence-electron chi connectivity index (χ4n) is 2.37. The van der Waals surface area contributed by atoms with Crippen molar-refractivity contribution < 1.29 is 18.0 Å². The van der Waals surface area contributed by atoms with Crippen molar-refractivity contribution in [2.45, 2.75) is 31.5 Å². The topological polar surface area (TPSA) is 41.1 Å². The van der Waals surface area contributed by atoms with Crippen molar-refractivity contribution in [1.82, 2.24) is 10.6 Å². The molecule has 1 heterocycles. The zero-order valence-electron chi connectivity index (χ0n) is 11.0. The predicted octanol–water partition coefficient (Wildman–Crippen LogP) is 2.12. The molecule has 1 saturated heterocycles. The lowest BCUT2D eigenvalue weighted by Crippen LogP contribution is -2.41. The Morgan fingerprint density at radius 2 is 2.10 bits per heavy atom. The molecule has 0 radical (unpaired) electrons. The second-order valence-electron chi connectivity index (χ2n) is 4.84. The molecule has 3 nitrogen and oxygen atoms in total. The van der Waals surface area contributed by atoms with E-state index in [1.807, 2.05) is 0 Å². The van der Waals surface area contributed by atoms with Gasteiger partial charge in [0.25, 0.3) is 0 Å². The summed E-state index contributed by atoms with van der Waals surface area (Å²) in [6, 6.07) is 5.25. The molecule has 1 aliphatic rings. The van der Waals surface area contributed by atoms with E-state index in [2.05, 4.69) is 10.6 Å². The lowest BCUT2D eigenvalue weighted by Gasteiger charge is -2.14. The van der Waals surface area contributed by atoms with Gasteiger partial charge >= 0.3 is 6.18 Å². The normalized spacial score (nSPS) is 19.1. The monoisotopic (exact) mass is 286 g/mol. The van der Waals surface area contributed by atoms with Crippen molar-refractivity contribution in [1.29, 1.82) is 0 Å². The zero-order valence-corrected chi connectivity index (χ0v) is 11.0. The predicted molar refractivity (Wildman–Crippen MR) is 69.2 cm³/mol. The molecule has 1 aliphatic heterocycles. The van der Waals surface area contributed by atoms with E-state index >= 15 is 0 Å². The summed E-state index contributed by atoms with van der Waals surface area (Å²) in [4.78, 5) is 11.7. The van der Waals surface area contributed by atoms with Gasteiger partial charge in [-0.2, -0.15) is 13.2 Å². The van der Waals surface area contributed by atoms with E-state index in [0.717, 1.165) is 25.5 Å². The number of benzene rings is 1. The van der Waals surface area contributed by atoms with E-state index < -0.39 is 11.7 Å². The maximum absolute atomic E-state index is 12.8. The highest BCUT2D eigenvalue weighted by Gasteiger charge is 2.32. The number of nitrogens with one attached hydrogen (secondary N) is 2. The summed E-state index contributed by atoms with van der Waals surface area (Å²) >= 11 is 0. The Balaban J connectivity index is 1.89. The van der Waals surface area contributed by atoms with Crippen LogP contribution in [0.25, 0.3) is 0 Å². The third kappa shape index (κ3) is 3.72. The molecule has 0 aromatic heterocycles. The average Bonchev–Trinajstić information content (AvgIpc) is 2.92. The molecule has 2 rings (SSSR count). The van der Waals surface area contributed by atoms with Crippen LogP contribution in [0.1, 0.15) is 24.0 Å². The van der Waals surface area contributed by atoms with E-state index in [0.29, 0.717) is 0 Å². The largest absolute Gasteiger partial charge is 0.416 e. The summed E-state index contributed by atoms with van der Waals surface area (Å²) in [5, 5.41) is 5.73. The first-order valence-electron chi connectivity index (χ1n) is 6.64. The minimum Gasteiger partial charge on any atom is -0.354 e. The smallest absolute Gasteiger partial charge is 0.354 e. The van der Waals surface area contributed by atoms with Crippen molar-refractivity contribution in [3.05, 3.63) is 35.4 Å². The van der Waals surface area contributed by atoms with Gasteiger partial charge in [0.2, 0.25) is 5.91 Å². The molecular formula is C14H17F3N2O.